The summed E-state index contributed by atoms with van der Waals surface area (Å²) in [6.07, 6.45) is -0.660. The fourth-order valence-electron chi connectivity index (χ4n) is 3.69. The average Bonchev–Trinajstić information content (AvgIpc) is 2.93. The Labute approximate surface area is 202 Å². The van der Waals surface area contributed by atoms with Crippen molar-refractivity contribution in [3.63, 3.8) is 0 Å². The number of likely N-dealkylation sites (N-methyl/N-ethyl adjacent to an activating group) is 1. The summed E-state index contributed by atoms with van der Waals surface area (Å²) in [5.74, 6) is -1.88. The predicted molar refractivity (Wildman–Crippen MR) is 125 cm³/mol. The number of carbonyl (C=O) groups is 2. The van der Waals surface area contributed by atoms with Crippen LogP contribution >= 0.6 is 0 Å². The van der Waals surface area contributed by atoms with E-state index in [2.05, 4.69) is 10.3 Å². The van der Waals surface area contributed by atoms with Crippen LogP contribution < -0.4 is 10.9 Å². The van der Waals surface area contributed by atoms with Crippen molar-refractivity contribution in [3.8, 4) is 5.75 Å². The maximum absolute atomic E-state index is 13.5. The molecule has 0 fully saturated rings. The summed E-state index contributed by atoms with van der Waals surface area (Å²) < 4.78 is 25.8. The van der Waals surface area contributed by atoms with E-state index in [1.807, 2.05) is 0 Å². The molecule has 3 rings (SSSR count). The Hall–Kier alpha value is -3.47. The van der Waals surface area contributed by atoms with Gasteiger partial charge in [-0.05, 0) is 51.8 Å². The second kappa shape index (κ2) is 10.0. The van der Waals surface area contributed by atoms with Gasteiger partial charge in [0.1, 0.15) is 23.3 Å². The summed E-state index contributed by atoms with van der Waals surface area (Å²) in [6, 6.07) is 3.04. The van der Waals surface area contributed by atoms with Crippen molar-refractivity contribution in [1.82, 2.24) is 19.8 Å². The summed E-state index contributed by atoms with van der Waals surface area (Å²) in [6.45, 7) is 8.67. The minimum absolute atomic E-state index is 0.00716. The van der Waals surface area contributed by atoms with E-state index in [0.717, 1.165) is 0 Å². The Morgan fingerprint density at radius 2 is 2.03 bits per heavy atom. The van der Waals surface area contributed by atoms with Crippen LogP contribution in [-0.4, -0.2) is 57.4 Å². The van der Waals surface area contributed by atoms with E-state index >= 15 is 0 Å². The van der Waals surface area contributed by atoms with Crippen molar-refractivity contribution in [2.24, 2.45) is 0 Å². The minimum Gasteiger partial charge on any atom is -0.501 e. The number of benzene rings is 1. The first kappa shape index (κ1) is 26.1. The highest BCUT2D eigenvalue weighted by atomic mass is 19.1. The molecule has 2 N–H and O–H groups in total. The average molecular weight is 491 g/mol. The summed E-state index contributed by atoms with van der Waals surface area (Å²) in [4.78, 5) is 44.3. The third kappa shape index (κ3) is 5.79. The molecular weight excluding hydrogens is 459 g/mol. The van der Waals surface area contributed by atoms with E-state index in [1.54, 1.807) is 40.7 Å². The Kier molecular flexibility index (Phi) is 7.49. The lowest BCUT2D eigenvalue weighted by atomic mass is 10.1. The van der Waals surface area contributed by atoms with Gasteiger partial charge in [0.2, 0.25) is 5.75 Å². The molecule has 10 nitrogen and oxygen atoms in total. The topological polar surface area (TPSA) is 123 Å². The quantitative estimate of drug-likeness (QED) is 0.676. The number of ether oxygens (including phenoxy) is 2. The Morgan fingerprint density at radius 1 is 1.34 bits per heavy atom. The van der Waals surface area contributed by atoms with Crippen LogP contribution in [0.4, 0.5) is 9.18 Å². The number of fused-ring (bicyclic) bond motifs is 1. The van der Waals surface area contributed by atoms with Crippen LogP contribution in [0.2, 0.25) is 0 Å². The van der Waals surface area contributed by atoms with Gasteiger partial charge < -0.3 is 19.9 Å². The van der Waals surface area contributed by atoms with Crippen molar-refractivity contribution in [2.45, 2.75) is 58.8 Å². The number of aromatic hydroxyl groups is 1. The largest absolute Gasteiger partial charge is 0.501 e. The second-order valence-electron chi connectivity index (χ2n) is 9.60. The van der Waals surface area contributed by atoms with E-state index in [4.69, 9.17) is 9.47 Å². The SMILES string of the molecule is Cc1cc(CNC(=O)c2nc3n(c(=O)c2O)[C@@H](C)COC[C@H]3N(C)C(=O)OC(C)(C)C)ccc1F. The Morgan fingerprint density at radius 3 is 2.66 bits per heavy atom. The van der Waals surface area contributed by atoms with Crippen LogP contribution in [0.25, 0.3) is 0 Å². The first-order valence-electron chi connectivity index (χ1n) is 11.2. The number of amides is 2. The highest BCUT2D eigenvalue weighted by Gasteiger charge is 2.35. The van der Waals surface area contributed by atoms with Gasteiger partial charge in [0.25, 0.3) is 11.5 Å². The zero-order valence-corrected chi connectivity index (χ0v) is 20.7. The monoisotopic (exact) mass is 490 g/mol. The number of nitrogens with zero attached hydrogens (tertiary/aromatic N) is 3. The molecule has 0 saturated carbocycles. The standard InChI is InChI=1S/C24H31FN4O6/c1-13-9-15(7-8-16(13)25)10-26-21(31)18-19(30)22(32)29-14(2)11-34-12-17(20(29)27-18)28(6)23(33)35-24(3,4)5/h7-9,14,17,30H,10-12H2,1-6H3,(H,26,31)/t14-,17+/m0/s1. The molecule has 0 saturated heterocycles. The molecule has 1 aromatic heterocycles. The molecule has 1 aromatic carbocycles. The number of hydrogen-bond acceptors (Lipinski definition) is 7. The van der Waals surface area contributed by atoms with Crippen molar-refractivity contribution in [1.29, 1.82) is 0 Å². The number of nitrogens with one attached hydrogen (secondary N) is 1. The lowest BCUT2D eigenvalue weighted by Gasteiger charge is -2.30. The fraction of sp³-hybridized carbons (Fsp3) is 0.500. The fourth-order valence-corrected chi connectivity index (χ4v) is 3.69. The number of aromatic nitrogens is 2. The van der Waals surface area contributed by atoms with Gasteiger partial charge in [-0.1, -0.05) is 12.1 Å². The highest BCUT2D eigenvalue weighted by Crippen LogP contribution is 2.27. The molecule has 0 bridgehead atoms. The van der Waals surface area contributed by atoms with Gasteiger partial charge in [0.05, 0.1) is 19.3 Å². The van der Waals surface area contributed by atoms with Gasteiger partial charge in [0, 0.05) is 13.6 Å². The molecule has 0 aliphatic carbocycles. The molecule has 11 heteroatoms. The molecular formula is C24H31FN4O6. The van der Waals surface area contributed by atoms with Crippen LogP contribution in [0.1, 0.15) is 67.2 Å². The van der Waals surface area contributed by atoms with Crippen molar-refractivity contribution >= 4 is 12.0 Å². The van der Waals surface area contributed by atoms with Gasteiger partial charge >= 0.3 is 6.09 Å². The van der Waals surface area contributed by atoms with Crippen molar-refractivity contribution < 1.29 is 28.6 Å². The van der Waals surface area contributed by atoms with Crippen LogP contribution in [0.5, 0.6) is 5.75 Å². The van der Waals surface area contributed by atoms with Crippen molar-refractivity contribution in [3.05, 3.63) is 57.0 Å². The van der Waals surface area contributed by atoms with Gasteiger partial charge in [-0.2, -0.15) is 0 Å². The Balaban J connectivity index is 1.97. The second-order valence-corrected chi connectivity index (χ2v) is 9.60. The smallest absolute Gasteiger partial charge is 0.410 e. The highest BCUT2D eigenvalue weighted by molar-refractivity contribution is 5.94. The zero-order valence-electron chi connectivity index (χ0n) is 20.7. The lowest BCUT2D eigenvalue weighted by Crippen LogP contribution is -2.41. The molecule has 2 heterocycles. The van der Waals surface area contributed by atoms with E-state index in [-0.39, 0.29) is 31.4 Å². The number of aryl methyl sites for hydroxylation is 1. The van der Waals surface area contributed by atoms with Crippen LogP contribution in [-0.2, 0) is 16.0 Å². The van der Waals surface area contributed by atoms with Crippen molar-refractivity contribution in [2.75, 3.05) is 20.3 Å². The molecule has 2 aromatic rings. The third-order valence-corrected chi connectivity index (χ3v) is 5.53. The first-order chi connectivity index (χ1) is 16.3. The molecule has 2 amide bonds. The summed E-state index contributed by atoms with van der Waals surface area (Å²) in [7, 11) is 1.48. The molecule has 35 heavy (non-hydrogen) atoms. The van der Waals surface area contributed by atoms with Crippen LogP contribution in [0.3, 0.4) is 0 Å². The molecule has 0 unspecified atom stereocenters. The molecule has 2 atom stereocenters. The molecule has 190 valence electrons. The van der Waals surface area contributed by atoms with Gasteiger partial charge in [-0.25, -0.2) is 14.2 Å². The van der Waals surface area contributed by atoms with Crippen LogP contribution in [0, 0.1) is 12.7 Å². The summed E-state index contributed by atoms with van der Waals surface area (Å²) in [5, 5.41) is 13.1. The molecule has 1 aliphatic rings. The summed E-state index contributed by atoms with van der Waals surface area (Å²) >= 11 is 0. The number of rotatable bonds is 4. The van der Waals surface area contributed by atoms with E-state index in [0.29, 0.717) is 11.1 Å². The van der Waals surface area contributed by atoms with E-state index < -0.39 is 46.7 Å². The lowest BCUT2D eigenvalue weighted by molar-refractivity contribution is 0.00854. The van der Waals surface area contributed by atoms with Crippen LogP contribution in [0.15, 0.2) is 23.0 Å². The molecule has 1 aliphatic heterocycles. The third-order valence-electron chi connectivity index (χ3n) is 5.53. The number of carbonyl (C=O) groups excluding carboxylic acids is 2. The van der Waals surface area contributed by atoms with Gasteiger partial charge in [-0.3, -0.25) is 19.1 Å². The van der Waals surface area contributed by atoms with Gasteiger partial charge in [-0.15, -0.1) is 0 Å². The maximum atomic E-state index is 13.5. The predicted octanol–water partition coefficient (Wildman–Crippen LogP) is 2.83. The Bertz CT molecular complexity index is 1190. The molecule has 0 spiro atoms. The molecule has 0 radical (unpaired) electrons. The minimum atomic E-state index is -0.852. The number of hydrogen-bond donors (Lipinski definition) is 2. The van der Waals surface area contributed by atoms with E-state index in [1.165, 1.54) is 28.6 Å². The van der Waals surface area contributed by atoms with Gasteiger partial charge in [0.15, 0.2) is 5.69 Å². The number of halogens is 1. The zero-order chi connectivity index (χ0) is 26.1. The normalized spacial score (nSPS) is 17.8. The maximum Gasteiger partial charge on any atom is 0.410 e. The van der Waals surface area contributed by atoms with E-state index in [9.17, 15) is 23.9 Å². The summed E-state index contributed by atoms with van der Waals surface area (Å²) in [5.41, 5.74) is -0.998. The first-order valence-corrected chi connectivity index (χ1v) is 11.2.